The van der Waals surface area contributed by atoms with Crippen LogP contribution in [0.5, 0.6) is 0 Å². The highest BCUT2D eigenvalue weighted by atomic mass is 19.2. The van der Waals surface area contributed by atoms with E-state index < -0.39 is 17.5 Å². The molecular formula is C18H20F2N6O3. The van der Waals surface area contributed by atoms with Crippen LogP contribution in [0.15, 0.2) is 24.3 Å². The second-order valence-electron chi connectivity index (χ2n) is 6.29. The van der Waals surface area contributed by atoms with Gasteiger partial charge in [-0.3, -0.25) is 9.59 Å². The molecule has 0 atom stereocenters. The number of halogens is 2. The van der Waals surface area contributed by atoms with Gasteiger partial charge in [0.25, 0.3) is 5.91 Å². The summed E-state index contributed by atoms with van der Waals surface area (Å²) < 4.78 is 31.6. The number of hydrogen-bond donors (Lipinski definition) is 2. The molecule has 2 heterocycles. The molecule has 0 unspecified atom stereocenters. The van der Waals surface area contributed by atoms with Gasteiger partial charge in [-0.1, -0.05) is 0 Å². The van der Waals surface area contributed by atoms with Crippen LogP contribution >= 0.6 is 0 Å². The van der Waals surface area contributed by atoms with Crippen LogP contribution in [0.2, 0.25) is 0 Å². The predicted molar refractivity (Wildman–Crippen MR) is 102 cm³/mol. The SMILES string of the molecule is COCCNc1cc(C(N)=O)nc(N2CCN(c3ccc(F)c(F)c3)C(=O)C2)n1. The molecule has 0 radical (unpaired) electrons. The number of nitrogens with zero attached hydrogens (tertiary/aromatic N) is 4. The van der Waals surface area contributed by atoms with Crippen molar-refractivity contribution in [2.45, 2.75) is 0 Å². The lowest BCUT2D eigenvalue weighted by Crippen LogP contribution is -2.51. The van der Waals surface area contributed by atoms with E-state index in [4.69, 9.17) is 10.5 Å². The van der Waals surface area contributed by atoms with Crippen LogP contribution in [-0.4, -0.2) is 61.7 Å². The maximum atomic E-state index is 13.5. The molecule has 2 amide bonds. The van der Waals surface area contributed by atoms with E-state index in [1.807, 2.05) is 0 Å². The standard InChI is InChI=1S/C18H20F2N6O3/c1-29-7-4-22-15-9-14(17(21)28)23-18(24-15)25-5-6-26(16(27)10-25)11-2-3-12(19)13(20)8-11/h2-3,8-9H,4-7,10H2,1H3,(H2,21,28)(H,22,23,24). The van der Waals surface area contributed by atoms with Crippen molar-refractivity contribution in [2.24, 2.45) is 5.73 Å². The zero-order valence-electron chi connectivity index (χ0n) is 15.7. The summed E-state index contributed by atoms with van der Waals surface area (Å²) in [5, 5.41) is 2.99. The van der Waals surface area contributed by atoms with E-state index in [-0.39, 0.29) is 36.3 Å². The van der Waals surface area contributed by atoms with Gasteiger partial charge in [-0.2, -0.15) is 4.98 Å². The Kier molecular flexibility index (Phi) is 6.17. The average molecular weight is 406 g/mol. The van der Waals surface area contributed by atoms with Gasteiger partial charge in [-0.25, -0.2) is 13.8 Å². The highest BCUT2D eigenvalue weighted by Gasteiger charge is 2.28. The van der Waals surface area contributed by atoms with Crippen LogP contribution in [0.25, 0.3) is 0 Å². The van der Waals surface area contributed by atoms with Crippen LogP contribution in [0.4, 0.5) is 26.2 Å². The van der Waals surface area contributed by atoms with E-state index in [1.54, 1.807) is 12.0 Å². The molecule has 0 aliphatic carbocycles. The van der Waals surface area contributed by atoms with Crippen LogP contribution in [-0.2, 0) is 9.53 Å². The Morgan fingerprint density at radius 3 is 2.69 bits per heavy atom. The fourth-order valence-electron chi connectivity index (χ4n) is 2.84. The maximum absolute atomic E-state index is 13.5. The molecular weight excluding hydrogens is 386 g/mol. The Balaban J connectivity index is 1.78. The molecule has 3 rings (SSSR count). The lowest BCUT2D eigenvalue weighted by molar-refractivity contribution is -0.117. The number of carbonyl (C=O) groups is 2. The van der Waals surface area contributed by atoms with Crippen molar-refractivity contribution in [3.8, 4) is 0 Å². The van der Waals surface area contributed by atoms with Crippen LogP contribution in [0.1, 0.15) is 10.5 Å². The fraction of sp³-hybridized carbons (Fsp3) is 0.333. The number of amides is 2. The number of nitrogens with one attached hydrogen (secondary N) is 1. The Hall–Kier alpha value is -3.34. The fourth-order valence-corrected chi connectivity index (χ4v) is 2.84. The minimum Gasteiger partial charge on any atom is -0.383 e. The Morgan fingerprint density at radius 2 is 2.03 bits per heavy atom. The summed E-state index contributed by atoms with van der Waals surface area (Å²) in [6, 6.07) is 4.71. The molecule has 1 fully saturated rings. The third kappa shape index (κ3) is 4.74. The van der Waals surface area contributed by atoms with E-state index in [1.165, 1.54) is 17.0 Å². The van der Waals surface area contributed by atoms with Crippen molar-refractivity contribution in [2.75, 3.05) is 55.0 Å². The minimum atomic E-state index is -1.03. The quantitative estimate of drug-likeness (QED) is 0.653. The lowest BCUT2D eigenvalue weighted by atomic mass is 10.2. The summed E-state index contributed by atoms with van der Waals surface area (Å²) in [5.74, 6) is -2.54. The third-order valence-electron chi connectivity index (χ3n) is 4.30. The van der Waals surface area contributed by atoms with Gasteiger partial charge in [-0.15, -0.1) is 0 Å². The number of benzene rings is 1. The van der Waals surface area contributed by atoms with Gasteiger partial charge < -0.3 is 25.6 Å². The van der Waals surface area contributed by atoms with Crippen molar-refractivity contribution < 1.29 is 23.1 Å². The molecule has 1 aromatic heterocycles. The first kappa shape index (κ1) is 20.4. The number of piperazine rings is 1. The van der Waals surface area contributed by atoms with Gasteiger partial charge in [0.2, 0.25) is 11.9 Å². The van der Waals surface area contributed by atoms with Gasteiger partial charge in [0.15, 0.2) is 11.6 Å². The number of aromatic nitrogens is 2. The topological polar surface area (TPSA) is 114 Å². The van der Waals surface area contributed by atoms with Crippen molar-refractivity contribution in [3.63, 3.8) is 0 Å². The molecule has 1 aromatic carbocycles. The number of anilines is 3. The summed E-state index contributed by atoms with van der Waals surface area (Å²) in [4.78, 5) is 35.6. The van der Waals surface area contributed by atoms with Gasteiger partial charge in [0, 0.05) is 44.6 Å². The molecule has 11 heteroatoms. The molecule has 154 valence electrons. The first-order valence-corrected chi connectivity index (χ1v) is 8.81. The van der Waals surface area contributed by atoms with E-state index in [0.29, 0.717) is 25.5 Å². The van der Waals surface area contributed by atoms with Crippen molar-refractivity contribution >= 4 is 29.3 Å². The summed E-state index contributed by atoms with van der Waals surface area (Å²) in [6.45, 7) is 1.31. The molecule has 1 aliphatic rings. The molecule has 2 aromatic rings. The molecule has 0 saturated carbocycles. The van der Waals surface area contributed by atoms with E-state index in [9.17, 15) is 18.4 Å². The van der Waals surface area contributed by atoms with Crippen molar-refractivity contribution in [3.05, 3.63) is 41.6 Å². The summed E-state index contributed by atoms with van der Waals surface area (Å²) in [6.07, 6.45) is 0. The minimum absolute atomic E-state index is 0.00500. The first-order chi connectivity index (χ1) is 13.9. The zero-order valence-corrected chi connectivity index (χ0v) is 15.7. The summed E-state index contributed by atoms with van der Waals surface area (Å²) in [7, 11) is 1.56. The van der Waals surface area contributed by atoms with Crippen LogP contribution < -0.4 is 20.9 Å². The second kappa shape index (κ2) is 8.78. The van der Waals surface area contributed by atoms with Gasteiger partial charge in [0.1, 0.15) is 18.1 Å². The number of primary amides is 1. The van der Waals surface area contributed by atoms with Crippen LogP contribution in [0, 0.1) is 11.6 Å². The molecule has 1 saturated heterocycles. The van der Waals surface area contributed by atoms with E-state index in [0.717, 1.165) is 12.1 Å². The normalized spacial score (nSPS) is 14.2. The first-order valence-electron chi connectivity index (χ1n) is 8.81. The van der Waals surface area contributed by atoms with E-state index >= 15 is 0 Å². The molecule has 3 N–H and O–H groups in total. The summed E-state index contributed by atoms with van der Waals surface area (Å²) in [5.41, 5.74) is 5.62. The smallest absolute Gasteiger partial charge is 0.267 e. The third-order valence-corrected chi connectivity index (χ3v) is 4.30. The highest BCUT2D eigenvalue weighted by Crippen LogP contribution is 2.22. The monoisotopic (exact) mass is 406 g/mol. The Labute approximate surface area is 165 Å². The van der Waals surface area contributed by atoms with Crippen molar-refractivity contribution in [1.82, 2.24) is 9.97 Å². The van der Waals surface area contributed by atoms with E-state index in [2.05, 4.69) is 15.3 Å². The number of rotatable bonds is 7. The van der Waals surface area contributed by atoms with Crippen LogP contribution in [0.3, 0.4) is 0 Å². The largest absolute Gasteiger partial charge is 0.383 e. The predicted octanol–water partition coefficient (Wildman–Crippen LogP) is 0.765. The zero-order chi connectivity index (χ0) is 21.0. The lowest BCUT2D eigenvalue weighted by Gasteiger charge is -2.34. The van der Waals surface area contributed by atoms with Gasteiger partial charge in [-0.05, 0) is 12.1 Å². The van der Waals surface area contributed by atoms with Gasteiger partial charge >= 0.3 is 0 Å². The van der Waals surface area contributed by atoms with Crippen molar-refractivity contribution in [1.29, 1.82) is 0 Å². The molecule has 0 spiro atoms. The molecule has 0 bridgehead atoms. The average Bonchev–Trinajstić information content (AvgIpc) is 2.70. The Bertz CT molecular complexity index is 926. The van der Waals surface area contributed by atoms with Gasteiger partial charge in [0.05, 0.1) is 6.61 Å². The number of nitrogens with two attached hydrogens (primary N) is 1. The molecule has 1 aliphatic heterocycles. The highest BCUT2D eigenvalue weighted by molar-refractivity contribution is 5.97. The number of methoxy groups -OCH3 is 1. The maximum Gasteiger partial charge on any atom is 0.267 e. The summed E-state index contributed by atoms with van der Waals surface area (Å²) >= 11 is 0. The number of ether oxygens (including phenoxy) is 1. The second-order valence-corrected chi connectivity index (χ2v) is 6.29. The number of hydrogen-bond acceptors (Lipinski definition) is 7. The number of carbonyl (C=O) groups excluding carboxylic acids is 2. The molecule has 9 nitrogen and oxygen atoms in total. The Morgan fingerprint density at radius 1 is 1.24 bits per heavy atom. The molecule has 29 heavy (non-hydrogen) atoms.